The first-order valence-electron chi connectivity index (χ1n) is 7.54. The van der Waals surface area contributed by atoms with Gasteiger partial charge in [-0.2, -0.15) is 0 Å². The highest BCUT2D eigenvalue weighted by Crippen LogP contribution is 2.29. The van der Waals surface area contributed by atoms with E-state index in [-0.39, 0.29) is 12.3 Å². The van der Waals surface area contributed by atoms with Gasteiger partial charge >= 0.3 is 0 Å². The molecule has 0 unspecified atom stereocenters. The van der Waals surface area contributed by atoms with Gasteiger partial charge in [0.2, 0.25) is 5.91 Å². The Balaban J connectivity index is 1.41. The lowest BCUT2D eigenvalue weighted by atomic mass is 10.0. The number of anilines is 1. The van der Waals surface area contributed by atoms with Crippen LogP contribution >= 0.6 is 22.7 Å². The van der Waals surface area contributed by atoms with E-state index in [1.165, 1.54) is 29.1 Å². The maximum atomic E-state index is 12.2. The van der Waals surface area contributed by atoms with Crippen molar-refractivity contribution in [2.45, 2.75) is 32.1 Å². The topological polar surface area (TPSA) is 68.0 Å². The van der Waals surface area contributed by atoms with Gasteiger partial charge in [-0.15, -0.1) is 22.7 Å². The lowest BCUT2D eigenvalue weighted by Gasteiger charge is -2.06. The minimum atomic E-state index is -0.0765. The molecular weight excluding hydrogens is 330 g/mol. The Bertz CT molecular complexity index is 797. The fourth-order valence-electron chi connectivity index (χ4n) is 2.64. The van der Waals surface area contributed by atoms with E-state index in [0.29, 0.717) is 5.13 Å². The summed E-state index contributed by atoms with van der Waals surface area (Å²) in [5.74, 6) is 0.654. The van der Waals surface area contributed by atoms with Crippen LogP contribution in [0.25, 0.3) is 10.8 Å². The number of aromatic nitrogens is 2. The Morgan fingerprint density at radius 2 is 2.22 bits per heavy atom. The molecule has 3 heterocycles. The van der Waals surface area contributed by atoms with Crippen LogP contribution in [0, 0.1) is 0 Å². The molecule has 1 aliphatic rings. The van der Waals surface area contributed by atoms with Crippen molar-refractivity contribution in [2.24, 2.45) is 0 Å². The van der Waals surface area contributed by atoms with Crippen LogP contribution in [0.1, 0.15) is 29.1 Å². The molecule has 1 N–H and O–H groups in total. The van der Waals surface area contributed by atoms with E-state index in [0.717, 1.165) is 35.0 Å². The standard InChI is InChI=1S/C16H15N3O2S2/c20-14(19-16-18-11-4-1-2-6-13(11)23-16)8-10-9-22-15(17-10)12-5-3-7-21-12/h3,5,7,9H,1-2,4,6,8H2,(H,18,19,20). The molecule has 0 saturated carbocycles. The van der Waals surface area contributed by atoms with Crippen molar-refractivity contribution in [3.63, 3.8) is 0 Å². The van der Waals surface area contributed by atoms with E-state index in [1.807, 2.05) is 17.5 Å². The first-order valence-corrected chi connectivity index (χ1v) is 9.24. The van der Waals surface area contributed by atoms with Crippen molar-refractivity contribution >= 4 is 33.7 Å². The summed E-state index contributed by atoms with van der Waals surface area (Å²) in [5, 5.41) is 6.30. The van der Waals surface area contributed by atoms with Crippen LogP contribution < -0.4 is 5.32 Å². The molecule has 5 nitrogen and oxygen atoms in total. The number of aryl methyl sites for hydroxylation is 2. The summed E-state index contributed by atoms with van der Waals surface area (Å²) in [4.78, 5) is 22.5. The number of furan rings is 1. The van der Waals surface area contributed by atoms with Crippen molar-refractivity contribution in [3.8, 4) is 10.8 Å². The van der Waals surface area contributed by atoms with E-state index in [9.17, 15) is 4.79 Å². The summed E-state index contributed by atoms with van der Waals surface area (Å²) in [6.45, 7) is 0. The predicted octanol–water partition coefficient (Wildman–Crippen LogP) is 3.92. The van der Waals surface area contributed by atoms with Gasteiger partial charge in [-0.1, -0.05) is 0 Å². The number of carbonyl (C=O) groups excluding carboxylic acids is 1. The molecule has 3 aromatic rings. The van der Waals surface area contributed by atoms with Gasteiger partial charge in [0.05, 0.1) is 24.1 Å². The number of nitrogens with one attached hydrogen (secondary N) is 1. The lowest BCUT2D eigenvalue weighted by molar-refractivity contribution is -0.115. The molecule has 1 aliphatic carbocycles. The number of amides is 1. The van der Waals surface area contributed by atoms with E-state index in [1.54, 1.807) is 17.6 Å². The van der Waals surface area contributed by atoms with Crippen molar-refractivity contribution in [1.29, 1.82) is 0 Å². The number of thiazole rings is 2. The van der Waals surface area contributed by atoms with Gasteiger partial charge in [0.1, 0.15) is 0 Å². The summed E-state index contributed by atoms with van der Waals surface area (Å²) < 4.78 is 5.32. The molecular formula is C16H15N3O2S2. The summed E-state index contributed by atoms with van der Waals surface area (Å²) in [6.07, 6.45) is 6.39. The Labute approximate surface area is 141 Å². The summed E-state index contributed by atoms with van der Waals surface area (Å²) in [6, 6.07) is 3.69. The first kappa shape index (κ1) is 14.6. The summed E-state index contributed by atoms with van der Waals surface area (Å²) in [7, 11) is 0. The lowest BCUT2D eigenvalue weighted by Crippen LogP contribution is -2.14. The second-order valence-corrected chi connectivity index (χ2v) is 7.38. The summed E-state index contributed by atoms with van der Waals surface area (Å²) >= 11 is 3.08. The molecule has 0 aromatic carbocycles. The Hall–Kier alpha value is -1.99. The second-order valence-electron chi connectivity index (χ2n) is 5.44. The molecule has 23 heavy (non-hydrogen) atoms. The zero-order valence-electron chi connectivity index (χ0n) is 12.4. The minimum absolute atomic E-state index is 0.0765. The molecule has 3 aromatic heterocycles. The zero-order valence-corrected chi connectivity index (χ0v) is 14.0. The zero-order chi connectivity index (χ0) is 15.6. The fraction of sp³-hybridized carbons (Fsp3) is 0.312. The van der Waals surface area contributed by atoms with Gasteiger partial charge < -0.3 is 9.73 Å². The van der Waals surface area contributed by atoms with Gasteiger partial charge in [-0.25, -0.2) is 9.97 Å². The first-order chi connectivity index (χ1) is 11.3. The molecule has 0 atom stereocenters. The van der Waals surface area contributed by atoms with Crippen LogP contribution in [-0.2, 0) is 24.1 Å². The molecule has 118 valence electrons. The highest BCUT2D eigenvalue weighted by Gasteiger charge is 2.17. The number of rotatable bonds is 4. The number of carbonyl (C=O) groups is 1. The largest absolute Gasteiger partial charge is 0.462 e. The second kappa shape index (κ2) is 6.25. The van der Waals surface area contributed by atoms with E-state index >= 15 is 0 Å². The van der Waals surface area contributed by atoms with Gasteiger partial charge in [0, 0.05) is 10.3 Å². The monoisotopic (exact) mass is 345 g/mol. The number of hydrogen-bond donors (Lipinski definition) is 1. The maximum absolute atomic E-state index is 12.2. The van der Waals surface area contributed by atoms with Gasteiger partial charge in [-0.3, -0.25) is 4.79 Å². The number of nitrogens with zero attached hydrogens (tertiary/aromatic N) is 2. The molecule has 1 amide bonds. The predicted molar refractivity (Wildman–Crippen MR) is 90.9 cm³/mol. The molecule has 0 fully saturated rings. The molecule has 4 rings (SSSR count). The van der Waals surface area contributed by atoms with Crippen LogP contribution in [0.2, 0.25) is 0 Å². The fourth-order valence-corrected chi connectivity index (χ4v) is 4.49. The van der Waals surface area contributed by atoms with Gasteiger partial charge in [0.15, 0.2) is 15.9 Å². The van der Waals surface area contributed by atoms with Crippen LogP contribution in [0.4, 0.5) is 5.13 Å². The number of hydrogen-bond acceptors (Lipinski definition) is 6. The molecule has 7 heteroatoms. The normalized spacial score (nSPS) is 13.7. The van der Waals surface area contributed by atoms with E-state index in [2.05, 4.69) is 15.3 Å². The van der Waals surface area contributed by atoms with Gasteiger partial charge in [0.25, 0.3) is 0 Å². The highest BCUT2D eigenvalue weighted by molar-refractivity contribution is 7.16. The average Bonchev–Trinajstić information content (AvgIpc) is 3.26. The number of fused-ring (bicyclic) bond motifs is 1. The van der Waals surface area contributed by atoms with Crippen molar-refractivity contribution < 1.29 is 9.21 Å². The summed E-state index contributed by atoms with van der Waals surface area (Å²) in [5.41, 5.74) is 1.91. The average molecular weight is 345 g/mol. The molecule has 0 saturated heterocycles. The third-order valence-corrected chi connectivity index (χ3v) is 5.70. The third-order valence-electron chi connectivity index (χ3n) is 3.72. The quantitative estimate of drug-likeness (QED) is 0.778. The SMILES string of the molecule is O=C(Cc1csc(-c2ccco2)n1)Nc1nc2c(s1)CCCC2. The van der Waals surface area contributed by atoms with Gasteiger partial charge in [-0.05, 0) is 37.8 Å². The van der Waals surface area contributed by atoms with Crippen LogP contribution in [-0.4, -0.2) is 15.9 Å². The Morgan fingerprint density at radius 1 is 1.30 bits per heavy atom. The molecule has 0 radical (unpaired) electrons. The molecule has 0 spiro atoms. The van der Waals surface area contributed by atoms with Crippen molar-refractivity contribution in [1.82, 2.24) is 9.97 Å². The molecule has 0 bridgehead atoms. The van der Waals surface area contributed by atoms with Crippen LogP contribution in [0.5, 0.6) is 0 Å². The minimum Gasteiger partial charge on any atom is -0.462 e. The van der Waals surface area contributed by atoms with Crippen LogP contribution in [0.3, 0.4) is 0 Å². The molecule has 0 aliphatic heterocycles. The van der Waals surface area contributed by atoms with Crippen molar-refractivity contribution in [3.05, 3.63) is 40.0 Å². The third kappa shape index (κ3) is 3.20. The van der Waals surface area contributed by atoms with E-state index in [4.69, 9.17) is 4.42 Å². The van der Waals surface area contributed by atoms with Crippen molar-refractivity contribution in [2.75, 3.05) is 5.32 Å². The van der Waals surface area contributed by atoms with E-state index < -0.39 is 0 Å². The smallest absolute Gasteiger partial charge is 0.232 e. The highest BCUT2D eigenvalue weighted by atomic mass is 32.1. The van der Waals surface area contributed by atoms with Crippen LogP contribution in [0.15, 0.2) is 28.2 Å². The Morgan fingerprint density at radius 3 is 3.04 bits per heavy atom. The maximum Gasteiger partial charge on any atom is 0.232 e. The Kier molecular flexibility index (Phi) is 3.97.